The van der Waals surface area contributed by atoms with E-state index in [0.717, 1.165) is 16.6 Å². The first kappa shape index (κ1) is 15.7. The molecule has 114 valence electrons. The third kappa shape index (κ3) is 3.68. The maximum Gasteiger partial charge on any atom is 0.242 e. The molecule has 2 aromatic rings. The predicted octanol–water partition coefficient (Wildman–Crippen LogP) is 1.52. The van der Waals surface area contributed by atoms with Crippen LogP contribution in [0, 0.1) is 0 Å². The fourth-order valence-corrected chi connectivity index (χ4v) is 2.97. The summed E-state index contributed by atoms with van der Waals surface area (Å²) in [6, 6.07) is 1.77. The van der Waals surface area contributed by atoms with Crippen molar-refractivity contribution in [2.45, 2.75) is 32.7 Å². The van der Waals surface area contributed by atoms with Gasteiger partial charge in [-0.25, -0.2) is 9.97 Å². The second kappa shape index (κ2) is 7.33. The van der Waals surface area contributed by atoms with Crippen LogP contribution in [-0.2, 0) is 11.2 Å². The molecule has 4 N–H and O–H groups in total. The number of nitrogens with zero attached hydrogens (tertiary/aromatic N) is 2. The van der Waals surface area contributed by atoms with Crippen molar-refractivity contribution >= 4 is 33.3 Å². The molecule has 2 aromatic heterocycles. The minimum atomic E-state index is -0.320. The van der Waals surface area contributed by atoms with Gasteiger partial charge in [0.25, 0.3) is 0 Å². The summed E-state index contributed by atoms with van der Waals surface area (Å²) < 4.78 is 0. The van der Waals surface area contributed by atoms with Crippen molar-refractivity contribution in [1.82, 2.24) is 15.3 Å². The number of anilines is 1. The number of hydrogen-bond acceptors (Lipinski definition) is 6. The molecule has 0 aliphatic carbocycles. The highest BCUT2D eigenvalue weighted by molar-refractivity contribution is 7.18. The van der Waals surface area contributed by atoms with Gasteiger partial charge in [-0.05, 0) is 18.9 Å². The smallest absolute Gasteiger partial charge is 0.242 e. The lowest BCUT2D eigenvalue weighted by Crippen LogP contribution is -2.41. The minimum Gasteiger partial charge on any atom is -0.358 e. The van der Waals surface area contributed by atoms with Crippen LogP contribution in [0.4, 0.5) is 5.82 Å². The summed E-state index contributed by atoms with van der Waals surface area (Å²) >= 11 is 1.66. The molecule has 1 unspecified atom stereocenters. The van der Waals surface area contributed by atoms with Gasteiger partial charge in [0, 0.05) is 18.0 Å². The van der Waals surface area contributed by atoms with E-state index in [1.807, 2.05) is 6.92 Å². The Balaban J connectivity index is 2.20. The molecule has 1 atom stereocenters. The number of carbonyl (C=O) groups is 1. The van der Waals surface area contributed by atoms with E-state index >= 15 is 0 Å². The summed E-state index contributed by atoms with van der Waals surface area (Å²) in [6.07, 6.45) is 3.17. The van der Waals surface area contributed by atoms with E-state index in [-0.39, 0.29) is 11.9 Å². The number of nitrogens with two attached hydrogens (primary N) is 1. The highest BCUT2D eigenvalue weighted by atomic mass is 32.1. The van der Waals surface area contributed by atoms with Crippen LogP contribution in [0.5, 0.6) is 0 Å². The number of rotatable bonds is 7. The Morgan fingerprint density at radius 3 is 2.90 bits per heavy atom. The summed E-state index contributed by atoms with van der Waals surface area (Å²) in [7, 11) is 0. The number of carbonyl (C=O) groups excluding carboxylic acids is 1. The van der Waals surface area contributed by atoms with E-state index in [4.69, 9.17) is 5.73 Å². The first-order chi connectivity index (χ1) is 10.2. The van der Waals surface area contributed by atoms with Crippen LogP contribution in [-0.4, -0.2) is 35.0 Å². The first-order valence-electron chi connectivity index (χ1n) is 7.17. The van der Waals surface area contributed by atoms with Crippen LogP contribution >= 0.6 is 11.3 Å². The zero-order valence-electron chi connectivity index (χ0n) is 12.3. The van der Waals surface area contributed by atoms with E-state index in [0.29, 0.717) is 25.3 Å². The molecule has 0 saturated heterocycles. The molecular formula is C14H21N5OS. The van der Waals surface area contributed by atoms with Gasteiger partial charge in [-0.3, -0.25) is 4.79 Å². The van der Waals surface area contributed by atoms with Gasteiger partial charge in [-0.15, -0.1) is 11.3 Å². The predicted molar refractivity (Wildman–Crippen MR) is 86.6 cm³/mol. The van der Waals surface area contributed by atoms with Gasteiger partial charge in [0.05, 0.1) is 5.39 Å². The number of nitrogens with one attached hydrogen (secondary N) is 2. The molecule has 21 heavy (non-hydrogen) atoms. The van der Waals surface area contributed by atoms with Crippen molar-refractivity contribution in [2.24, 2.45) is 5.73 Å². The van der Waals surface area contributed by atoms with Gasteiger partial charge < -0.3 is 16.4 Å². The van der Waals surface area contributed by atoms with Crippen LogP contribution in [0.3, 0.4) is 0 Å². The van der Waals surface area contributed by atoms with Crippen molar-refractivity contribution in [2.75, 3.05) is 18.4 Å². The summed E-state index contributed by atoms with van der Waals surface area (Å²) in [5.41, 5.74) is 5.41. The third-order valence-corrected chi connectivity index (χ3v) is 4.40. The monoisotopic (exact) mass is 307 g/mol. The second-order valence-corrected chi connectivity index (χ2v) is 5.81. The van der Waals surface area contributed by atoms with Gasteiger partial charge in [0.15, 0.2) is 0 Å². The number of fused-ring (bicyclic) bond motifs is 1. The summed E-state index contributed by atoms with van der Waals surface area (Å²) in [4.78, 5) is 22.8. The first-order valence-corrected chi connectivity index (χ1v) is 7.98. The Labute approximate surface area is 128 Å². The van der Waals surface area contributed by atoms with Crippen LogP contribution in [0.25, 0.3) is 10.2 Å². The molecule has 0 aliphatic heterocycles. The maximum absolute atomic E-state index is 12.1. The Morgan fingerprint density at radius 2 is 2.24 bits per heavy atom. The van der Waals surface area contributed by atoms with E-state index in [1.54, 1.807) is 11.3 Å². The molecule has 0 bridgehead atoms. The quantitative estimate of drug-likeness (QED) is 0.721. The van der Waals surface area contributed by atoms with Gasteiger partial charge in [-0.1, -0.05) is 13.8 Å². The Morgan fingerprint density at radius 1 is 1.43 bits per heavy atom. The number of aryl methyl sites for hydroxylation is 1. The number of thiophene rings is 1. The zero-order chi connectivity index (χ0) is 15.2. The molecule has 2 rings (SSSR count). The topological polar surface area (TPSA) is 92.9 Å². The lowest BCUT2D eigenvalue weighted by atomic mass is 10.2. The van der Waals surface area contributed by atoms with E-state index < -0.39 is 0 Å². The van der Waals surface area contributed by atoms with Gasteiger partial charge in [0.2, 0.25) is 5.91 Å². The average molecular weight is 307 g/mol. The van der Waals surface area contributed by atoms with Crippen LogP contribution in [0.15, 0.2) is 12.4 Å². The Hall–Kier alpha value is -1.73. The number of amides is 1. The average Bonchev–Trinajstić information content (AvgIpc) is 2.94. The SMILES string of the molecule is CCc1cc2c(NC(CC)C(=O)NCCN)ncnc2s1. The van der Waals surface area contributed by atoms with Crippen molar-refractivity contribution in [3.05, 3.63) is 17.3 Å². The summed E-state index contributed by atoms with van der Waals surface area (Å²) in [5, 5.41) is 7.00. The summed E-state index contributed by atoms with van der Waals surface area (Å²) in [5.74, 6) is 0.659. The zero-order valence-corrected chi connectivity index (χ0v) is 13.2. The van der Waals surface area contributed by atoms with Crippen LogP contribution < -0.4 is 16.4 Å². The lowest BCUT2D eigenvalue weighted by molar-refractivity contribution is -0.121. The van der Waals surface area contributed by atoms with Crippen molar-refractivity contribution in [1.29, 1.82) is 0 Å². The standard InChI is InChI=1S/C14H21N5OS/c1-3-9-7-10-12(17-8-18-14(10)21-9)19-11(4-2)13(20)16-6-5-15/h7-8,11H,3-6,15H2,1-2H3,(H,16,20)(H,17,18,19). The normalized spacial score (nSPS) is 12.3. The molecule has 0 saturated carbocycles. The fourth-order valence-electron chi connectivity index (χ4n) is 2.03. The second-order valence-electron chi connectivity index (χ2n) is 4.69. The van der Waals surface area contributed by atoms with Crippen LogP contribution in [0.2, 0.25) is 0 Å². The van der Waals surface area contributed by atoms with Crippen LogP contribution in [0.1, 0.15) is 25.1 Å². The maximum atomic E-state index is 12.1. The Kier molecular flexibility index (Phi) is 5.46. The molecule has 2 heterocycles. The Bertz CT molecular complexity index is 612. The van der Waals surface area contributed by atoms with E-state index in [9.17, 15) is 4.79 Å². The molecule has 0 spiro atoms. The van der Waals surface area contributed by atoms with Crippen molar-refractivity contribution < 1.29 is 4.79 Å². The van der Waals surface area contributed by atoms with Gasteiger partial charge in [0.1, 0.15) is 23.0 Å². The molecular weight excluding hydrogens is 286 g/mol. The number of hydrogen-bond donors (Lipinski definition) is 3. The molecule has 0 aromatic carbocycles. The molecule has 0 fully saturated rings. The summed E-state index contributed by atoms with van der Waals surface area (Å²) in [6.45, 7) is 4.99. The van der Waals surface area contributed by atoms with Crippen molar-refractivity contribution in [3.63, 3.8) is 0 Å². The van der Waals surface area contributed by atoms with Gasteiger partial charge in [-0.2, -0.15) is 0 Å². The highest BCUT2D eigenvalue weighted by Gasteiger charge is 2.18. The molecule has 1 amide bonds. The molecule has 0 radical (unpaired) electrons. The van der Waals surface area contributed by atoms with E-state index in [1.165, 1.54) is 11.2 Å². The fraction of sp³-hybridized carbons (Fsp3) is 0.500. The third-order valence-electron chi connectivity index (χ3n) is 3.21. The van der Waals surface area contributed by atoms with E-state index in [2.05, 4.69) is 33.6 Å². The number of aromatic nitrogens is 2. The molecule has 6 nitrogen and oxygen atoms in total. The van der Waals surface area contributed by atoms with Crippen molar-refractivity contribution in [3.8, 4) is 0 Å². The lowest BCUT2D eigenvalue weighted by Gasteiger charge is -2.17. The molecule has 0 aliphatic rings. The van der Waals surface area contributed by atoms with Gasteiger partial charge >= 0.3 is 0 Å². The minimum absolute atomic E-state index is 0.0549. The largest absolute Gasteiger partial charge is 0.358 e. The highest BCUT2D eigenvalue weighted by Crippen LogP contribution is 2.28. The molecule has 7 heteroatoms.